The molecule has 0 spiro atoms. The number of benzene rings is 1. The zero-order valence-electron chi connectivity index (χ0n) is 15.4. The fourth-order valence-corrected chi connectivity index (χ4v) is 5.27. The molecule has 0 atom stereocenters. The number of hydrogen-bond acceptors (Lipinski definition) is 6. The Bertz CT molecular complexity index is 1170. The third-order valence-corrected chi connectivity index (χ3v) is 7.39. The highest BCUT2D eigenvalue weighted by Gasteiger charge is 2.28. The van der Waals surface area contributed by atoms with E-state index in [4.69, 9.17) is 0 Å². The molecule has 0 aliphatic carbocycles. The van der Waals surface area contributed by atoms with Crippen molar-refractivity contribution in [2.24, 2.45) is 0 Å². The molecule has 9 heteroatoms. The van der Waals surface area contributed by atoms with Gasteiger partial charge in [-0.25, -0.2) is 13.1 Å². The van der Waals surface area contributed by atoms with Gasteiger partial charge in [0.2, 0.25) is 10.0 Å². The van der Waals surface area contributed by atoms with Crippen LogP contribution in [0.3, 0.4) is 0 Å². The number of nitrogens with zero attached hydrogens (tertiary/aromatic N) is 4. The lowest BCUT2D eigenvalue weighted by Gasteiger charge is -2.30. The molecule has 1 saturated heterocycles. The molecule has 4 rings (SSSR count). The number of piperidine rings is 1. The van der Waals surface area contributed by atoms with Gasteiger partial charge in [0.05, 0.1) is 6.04 Å². The van der Waals surface area contributed by atoms with Gasteiger partial charge in [-0.1, -0.05) is 35.0 Å². The highest BCUT2D eigenvalue weighted by atomic mass is 32.2. The lowest BCUT2D eigenvalue weighted by atomic mass is 10.1. The van der Waals surface area contributed by atoms with E-state index < -0.39 is 10.0 Å². The summed E-state index contributed by atoms with van der Waals surface area (Å²) in [6.45, 7) is 2.68. The Morgan fingerprint density at radius 3 is 2.57 bits per heavy atom. The van der Waals surface area contributed by atoms with Crippen LogP contribution in [0.1, 0.15) is 30.0 Å². The molecule has 1 aliphatic heterocycles. The van der Waals surface area contributed by atoms with Crippen molar-refractivity contribution in [3.05, 3.63) is 62.6 Å². The van der Waals surface area contributed by atoms with Gasteiger partial charge in [-0.05, 0) is 42.9 Å². The van der Waals surface area contributed by atoms with Crippen LogP contribution in [-0.4, -0.2) is 40.8 Å². The maximum Gasteiger partial charge on any atom is 0.287 e. The monoisotopic (exact) mass is 416 g/mol. The van der Waals surface area contributed by atoms with E-state index in [2.05, 4.69) is 10.3 Å². The molecular formula is C19H20N4O3S2. The average molecular weight is 417 g/mol. The van der Waals surface area contributed by atoms with Gasteiger partial charge in [0.25, 0.3) is 5.56 Å². The molecule has 1 fully saturated rings. The maximum atomic E-state index is 12.6. The molecule has 0 unspecified atom stereocenters. The molecule has 0 N–H and O–H groups in total. The predicted molar refractivity (Wildman–Crippen MR) is 111 cm³/mol. The van der Waals surface area contributed by atoms with Gasteiger partial charge < -0.3 is 0 Å². The number of thiophene rings is 1. The molecule has 146 valence electrons. The molecule has 0 amide bonds. The second-order valence-corrected chi connectivity index (χ2v) is 9.60. The van der Waals surface area contributed by atoms with Crippen molar-refractivity contribution < 1.29 is 8.42 Å². The van der Waals surface area contributed by atoms with E-state index in [1.807, 2.05) is 36.6 Å². The van der Waals surface area contributed by atoms with E-state index in [9.17, 15) is 13.2 Å². The number of fused-ring (bicyclic) bond motifs is 1. The topological polar surface area (TPSA) is 85.2 Å². The Kier molecular flexibility index (Phi) is 5.13. The first-order valence-corrected chi connectivity index (χ1v) is 11.4. The van der Waals surface area contributed by atoms with Crippen LogP contribution in [0.25, 0.3) is 16.3 Å². The molecule has 3 heterocycles. The average Bonchev–Trinajstić information content (AvgIpc) is 3.18. The number of hydrogen-bond donors (Lipinski definition) is 0. The summed E-state index contributed by atoms with van der Waals surface area (Å²) in [6.07, 6.45) is 2.67. The smallest absolute Gasteiger partial charge is 0.266 e. The predicted octanol–water partition coefficient (Wildman–Crippen LogP) is 2.80. The second-order valence-electron chi connectivity index (χ2n) is 6.86. The molecule has 2 aromatic heterocycles. The normalized spacial score (nSPS) is 16.9. The van der Waals surface area contributed by atoms with Crippen molar-refractivity contribution >= 4 is 37.7 Å². The molecule has 1 aromatic carbocycles. The van der Waals surface area contributed by atoms with Crippen LogP contribution in [0.5, 0.6) is 0 Å². The third-order valence-electron chi connectivity index (χ3n) is 4.93. The van der Waals surface area contributed by atoms with Crippen LogP contribution in [0, 0.1) is 6.92 Å². The first-order chi connectivity index (χ1) is 13.4. The Hall–Kier alpha value is -2.36. The van der Waals surface area contributed by atoms with Crippen molar-refractivity contribution in [2.45, 2.75) is 25.8 Å². The van der Waals surface area contributed by atoms with Gasteiger partial charge in [0.1, 0.15) is 10.2 Å². The summed E-state index contributed by atoms with van der Waals surface area (Å²) >= 11 is 1.35. The molecule has 0 saturated carbocycles. The van der Waals surface area contributed by atoms with E-state index >= 15 is 0 Å². The van der Waals surface area contributed by atoms with Gasteiger partial charge in [-0.2, -0.15) is 4.31 Å². The minimum Gasteiger partial charge on any atom is -0.266 e. The van der Waals surface area contributed by atoms with E-state index in [0.717, 1.165) is 11.1 Å². The highest BCUT2D eigenvalue weighted by molar-refractivity contribution is 7.92. The molecule has 28 heavy (non-hydrogen) atoms. The minimum absolute atomic E-state index is 0.140. The van der Waals surface area contributed by atoms with Gasteiger partial charge in [-0.3, -0.25) is 4.79 Å². The van der Waals surface area contributed by atoms with Gasteiger partial charge in [0.15, 0.2) is 0 Å². The summed E-state index contributed by atoms with van der Waals surface area (Å²) in [4.78, 5) is 12.6. The summed E-state index contributed by atoms with van der Waals surface area (Å²) in [5, 5.41) is 11.2. The van der Waals surface area contributed by atoms with E-state index in [1.165, 1.54) is 25.7 Å². The summed E-state index contributed by atoms with van der Waals surface area (Å²) in [5.41, 5.74) is 2.42. The van der Waals surface area contributed by atoms with Gasteiger partial charge in [0, 0.05) is 18.5 Å². The largest absolute Gasteiger partial charge is 0.287 e. The second kappa shape index (κ2) is 7.57. The number of aromatic nitrogens is 3. The maximum absolute atomic E-state index is 12.6. The van der Waals surface area contributed by atoms with E-state index in [0.29, 0.717) is 36.1 Å². The Labute approximate surface area is 167 Å². The minimum atomic E-state index is -3.50. The lowest BCUT2D eigenvalue weighted by molar-refractivity contribution is 0.253. The number of sulfonamides is 1. The zero-order valence-corrected chi connectivity index (χ0v) is 17.0. The fraction of sp³-hybridized carbons (Fsp3) is 0.316. The van der Waals surface area contributed by atoms with Gasteiger partial charge in [-0.15, -0.1) is 16.4 Å². The van der Waals surface area contributed by atoms with Crippen molar-refractivity contribution in [2.75, 3.05) is 13.1 Å². The van der Waals surface area contributed by atoms with E-state index in [-0.39, 0.29) is 11.6 Å². The SMILES string of the molecule is Cc1ccc(C=CS(=O)(=O)N2CCC(n3nnc4ccsc4c3=O)CC2)cc1. The Morgan fingerprint density at radius 1 is 1.14 bits per heavy atom. The van der Waals surface area contributed by atoms with Crippen LogP contribution in [0.4, 0.5) is 0 Å². The van der Waals surface area contributed by atoms with Crippen LogP contribution >= 0.6 is 11.3 Å². The molecular weight excluding hydrogens is 396 g/mol. The Balaban J connectivity index is 1.46. The fourth-order valence-electron chi connectivity index (χ4n) is 3.29. The summed E-state index contributed by atoms with van der Waals surface area (Å²) in [6, 6.07) is 9.30. The molecule has 1 aliphatic rings. The van der Waals surface area contributed by atoms with Crippen LogP contribution in [0.2, 0.25) is 0 Å². The summed E-state index contributed by atoms with van der Waals surface area (Å²) in [5.74, 6) is 0. The third kappa shape index (κ3) is 3.78. The van der Waals surface area contributed by atoms with Gasteiger partial charge >= 0.3 is 0 Å². The lowest BCUT2D eigenvalue weighted by Crippen LogP contribution is -2.40. The van der Waals surface area contributed by atoms with Crippen molar-refractivity contribution in [3.63, 3.8) is 0 Å². The van der Waals surface area contributed by atoms with Crippen LogP contribution in [0.15, 0.2) is 45.9 Å². The highest BCUT2D eigenvalue weighted by Crippen LogP contribution is 2.24. The van der Waals surface area contributed by atoms with Crippen molar-refractivity contribution in [1.29, 1.82) is 0 Å². The first kappa shape index (κ1) is 19.0. The number of aryl methyl sites for hydroxylation is 1. The molecule has 0 bridgehead atoms. The first-order valence-electron chi connectivity index (χ1n) is 9.02. The Morgan fingerprint density at radius 2 is 1.86 bits per heavy atom. The van der Waals surface area contributed by atoms with Crippen LogP contribution in [-0.2, 0) is 10.0 Å². The quantitative estimate of drug-likeness (QED) is 0.653. The molecule has 3 aromatic rings. The summed E-state index contributed by atoms with van der Waals surface area (Å²) in [7, 11) is -3.50. The van der Waals surface area contributed by atoms with Crippen molar-refractivity contribution in [1.82, 2.24) is 19.3 Å². The van der Waals surface area contributed by atoms with E-state index in [1.54, 1.807) is 12.1 Å². The molecule has 7 nitrogen and oxygen atoms in total. The summed E-state index contributed by atoms with van der Waals surface area (Å²) < 4.78 is 28.7. The zero-order chi connectivity index (χ0) is 19.7. The number of rotatable bonds is 4. The molecule has 0 radical (unpaired) electrons. The standard InChI is InChI=1S/C19H20N4O3S2/c1-14-2-4-15(5-3-14)9-13-28(25,26)22-10-6-16(7-11-22)23-19(24)18-17(20-21-23)8-12-27-18/h2-5,8-9,12-13,16H,6-7,10-11H2,1H3. The van der Waals surface area contributed by atoms with Crippen LogP contribution < -0.4 is 5.56 Å². The van der Waals surface area contributed by atoms with Crippen molar-refractivity contribution in [3.8, 4) is 0 Å².